The maximum absolute atomic E-state index is 15.8. The van der Waals surface area contributed by atoms with Crippen LogP contribution in [0, 0.1) is 11.2 Å². The molecule has 1 amide bonds. The van der Waals surface area contributed by atoms with Crippen molar-refractivity contribution >= 4 is 28.8 Å². The van der Waals surface area contributed by atoms with Gasteiger partial charge in [0.1, 0.15) is 23.3 Å². The van der Waals surface area contributed by atoms with E-state index in [0.717, 1.165) is 44.0 Å². The Bertz CT molecular complexity index is 1710. The van der Waals surface area contributed by atoms with Crippen LogP contribution in [-0.2, 0) is 22.5 Å². The summed E-state index contributed by atoms with van der Waals surface area (Å²) in [6, 6.07) is 5.75. The number of halogens is 1. The van der Waals surface area contributed by atoms with E-state index >= 15 is 4.39 Å². The van der Waals surface area contributed by atoms with Gasteiger partial charge in [-0.15, -0.1) is 0 Å². The zero-order valence-corrected chi connectivity index (χ0v) is 24.7. The van der Waals surface area contributed by atoms with Crippen LogP contribution in [0.1, 0.15) is 44.6 Å². The Labute approximate surface area is 259 Å². The van der Waals surface area contributed by atoms with Crippen LogP contribution in [0.25, 0.3) is 22.0 Å². The molecule has 3 aliphatic rings. The minimum Gasteiger partial charge on any atom is -0.547 e. The van der Waals surface area contributed by atoms with Gasteiger partial charge < -0.3 is 29.0 Å². The summed E-state index contributed by atoms with van der Waals surface area (Å²) in [5.74, 6) is -1.05. The van der Waals surface area contributed by atoms with Crippen molar-refractivity contribution in [3.05, 3.63) is 60.2 Å². The predicted octanol–water partition coefficient (Wildman–Crippen LogP) is -0.219. The van der Waals surface area contributed by atoms with Crippen molar-refractivity contribution in [1.29, 1.82) is 0 Å². The summed E-state index contributed by atoms with van der Waals surface area (Å²) in [5.41, 5.74) is 2.07. The van der Waals surface area contributed by atoms with Gasteiger partial charge in [-0.1, -0.05) is 0 Å². The topological polar surface area (TPSA) is 121 Å². The number of amides is 1. The number of hydrogen-bond acceptors (Lipinski definition) is 8. The number of aliphatic carboxylic acids is 1. The zero-order valence-electron chi connectivity index (χ0n) is 24.7. The quantitative estimate of drug-likeness (QED) is 0.298. The van der Waals surface area contributed by atoms with Gasteiger partial charge in [0.25, 0.3) is 0 Å². The van der Waals surface area contributed by atoms with E-state index in [2.05, 4.69) is 20.0 Å². The maximum atomic E-state index is 15.8. The SMILES string of the molecule is CC(C)(C)OC(=O)N1CC2(C1)CN(c1ccc(-c3ccc4nn(C(C(=O)[O-])c5ncn6c5CCC6)cc4c3F)cn1)C2.[Li+]. The van der Waals surface area contributed by atoms with Crippen LogP contribution >= 0.6 is 0 Å². The van der Waals surface area contributed by atoms with Gasteiger partial charge in [-0.3, -0.25) is 4.68 Å². The Morgan fingerprint density at radius 1 is 1.09 bits per heavy atom. The van der Waals surface area contributed by atoms with Gasteiger partial charge in [0.05, 0.1) is 28.9 Å². The first-order valence-electron chi connectivity index (χ1n) is 14.1. The molecule has 2 saturated heterocycles. The van der Waals surface area contributed by atoms with Crippen molar-refractivity contribution in [1.82, 2.24) is 29.2 Å². The van der Waals surface area contributed by atoms with Gasteiger partial charge in [0.2, 0.25) is 0 Å². The summed E-state index contributed by atoms with van der Waals surface area (Å²) >= 11 is 0. The number of carbonyl (C=O) groups excluding carboxylic acids is 2. The molecule has 1 unspecified atom stereocenters. The summed E-state index contributed by atoms with van der Waals surface area (Å²) in [4.78, 5) is 37.2. The number of carboxylic acid groups (broad SMARTS) is 1. The minimum absolute atomic E-state index is 0. The molecule has 0 radical (unpaired) electrons. The zero-order chi connectivity index (χ0) is 29.4. The molecule has 0 N–H and O–H groups in total. The number of likely N-dealkylation sites (tertiary alicyclic amines) is 1. The second kappa shape index (κ2) is 10.4. The van der Waals surface area contributed by atoms with Crippen molar-refractivity contribution in [2.45, 2.75) is 51.8 Å². The van der Waals surface area contributed by atoms with E-state index in [4.69, 9.17) is 4.74 Å². The molecule has 0 saturated carbocycles. The normalized spacial score (nSPS) is 17.7. The second-order valence-electron chi connectivity index (χ2n) is 12.7. The number of carboxylic acids is 1. The van der Waals surface area contributed by atoms with Gasteiger partial charge in [0, 0.05) is 67.4 Å². The Morgan fingerprint density at radius 2 is 1.86 bits per heavy atom. The molecule has 43 heavy (non-hydrogen) atoms. The minimum atomic E-state index is -1.34. The fraction of sp³-hybridized carbons (Fsp3) is 0.433. The van der Waals surface area contributed by atoms with Crippen molar-refractivity contribution in [3.8, 4) is 11.1 Å². The molecule has 1 spiro atoms. The van der Waals surface area contributed by atoms with Crippen molar-refractivity contribution in [2.24, 2.45) is 5.41 Å². The second-order valence-corrected chi connectivity index (χ2v) is 12.7. The van der Waals surface area contributed by atoms with Crippen molar-refractivity contribution < 1.29 is 42.7 Å². The number of pyridine rings is 1. The van der Waals surface area contributed by atoms with E-state index < -0.39 is 23.4 Å². The van der Waals surface area contributed by atoms with Crippen LogP contribution in [-0.4, -0.2) is 73.1 Å². The van der Waals surface area contributed by atoms with Gasteiger partial charge in [-0.2, -0.15) is 5.10 Å². The average Bonchev–Trinajstić information content (AvgIpc) is 3.60. The molecule has 3 aromatic heterocycles. The van der Waals surface area contributed by atoms with Crippen LogP contribution in [0.15, 0.2) is 43.0 Å². The van der Waals surface area contributed by atoms with Crippen LogP contribution in [0.2, 0.25) is 0 Å². The van der Waals surface area contributed by atoms with Crippen LogP contribution in [0.5, 0.6) is 0 Å². The summed E-state index contributed by atoms with van der Waals surface area (Å²) < 4.78 is 24.4. The number of benzene rings is 1. The smallest absolute Gasteiger partial charge is 0.547 e. The largest absolute Gasteiger partial charge is 1.00 e. The van der Waals surface area contributed by atoms with Crippen molar-refractivity contribution in [3.63, 3.8) is 0 Å². The number of ether oxygens (including phenoxy) is 1. The molecule has 11 nitrogen and oxygen atoms in total. The molecule has 6 heterocycles. The summed E-state index contributed by atoms with van der Waals surface area (Å²) in [6.45, 7) is 9.27. The van der Waals surface area contributed by atoms with E-state index in [1.807, 2.05) is 37.5 Å². The van der Waals surface area contributed by atoms with E-state index in [0.29, 0.717) is 35.4 Å². The first kappa shape index (κ1) is 29.2. The number of carbonyl (C=O) groups is 2. The third-order valence-electron chi connectivity index (χ3n) is 8.32. The molecule has 13 heteroatoms. The summed E-state index contributed by atoms with van der Waals surface area (Å²) in [7, 11) is 0. The molecule has 1 atom stereocenters. The molecule has 0 bridgehead atoms. The number of imidazole rings is 1. The van der Waals surface area contributed by atoms with E-state index in [1.54, 1.807) is 29.6 Å². The number of hydrogen-bond donors (Lipinski definition) is 0. The Balaban J connectivity index is 0.00000329. The fourth-order valence-corrected chi connectivity index (χ4v) is 6.39. The number of fused-ring (bicyclic) bond motifs is 2. The maximum Gasteiger partial charge on any atom is 1.00 e. The number of nitrogens with zero attached hydrogens (tertiary/aromatic N) is 7. The standard InChI is InChI=1S/C30H32FN7O4.Li/c1-29(2,3)42-28(41)37-15-30(16-37)13-36(14-30)23-9-6-18(11-32-23)19-7-8-21-20(24(19)31)12-38(34-21)26(27(39)40)25-22-5-4-10-35(22)17-33-25;/h6-9,11-12,17,26H,4-5,10,13-16H2,1-3H3,(H,39,40);/q;+1/p-1. The van der Waals surface area contributed by atoms with Gasteiger partial charge in [-0.25, -0.2) is 19.2 Å². The summed E-state index contributed by atoms with van der Waals surface area (Å²) in [6.07, 6.45) is 6.05. The Hall–Kier alpha value is -3.88. The first-order valence-corrected chi connectivity index (χ1v) is 14.1. The van der Waals surface area contributed by atoms with Gasteiger partial charge in [0.15, 0.2) is 0 Å². The van der Waals surface area contributed by atoms with Gasteiger partial charge >= 0.3 is 25.0 Å². The van der Waals surface area contributed by atoms with E-state index in [-0.39, 0.29) is 35.8 Å². The summed E-state index contributed by atoms with van der Waals surface area (Å²) in [5, 5.41) is 16.8. The molecule has 2 fully saturated rings. The molecule has 218 valence electrons. The predicted molar refractivity (Wildman–Crippen MR) is 149 cm³/mol. The molecule has 4 aromatic rings. The fourth-order valence-electron chi connectivity index (χ4n) is 6.39. The Kier molecular flexibility index (Phi) is 7.05. The van der Waals surface area contributed by atoms with E-state index in [9.17, 15) is 14.7 Å². The number of aryl methyl sites for hydroxylation is 1. The molecular formula is C30H31FLiN7O4. The van der Waals surface area contributed by atoms with Crippen LogP contribution in [0.4, 0.5) is 15.0 Å². The van der Waals surface area contributed by atoms with Crippen molar-refractivity contribution in [2.75, 3.05) is 31.1 Å². The monoisotopic (exact) mass is 579 g/mol. The third kappa shape index (κ3) is 5.06. The van der Waals surface area contributed by atoms with E-state index in [1.165, 1.54) is 10.9 Å². The number of anilines is 1. The third-order valence-corrected chi connectivity index (χ3v) is 8.32. The molecule has 0 aliphatic carbocycles. The number of aromatic nitrogens is 5. The average molecular weight is 580 g/mol. The number of rotatable bonds is 5. The van der Waals surface area contributed by atoms with Crippen LogP contribution in [0.3, 0.4) is 0 Å². The molecule has 1 aromatic carbocycles. The molecule has 3 aliphatic heterocycles. The Morgan fingerprint density at radius 3 is 2.53 bits per heavy atom. The molecule has 7 rings (SSSR count). The molecular weight excluding hydrogens is 548 g/mol. The van der Waals surface area contributed by atoms with Gasteiger partial charge in [-0.05, 0) is 57.9 Å². The first-order chi connectivity index (χ1) is 20.0. The van der Waals surface area contributed by atoms with Crippen LogP contribution < -0.4 is 28.9 Å².